The molecular formula is C26H23FN2O3. The van der Waals surface area contributed by atoms with Gasteiger partial charge in [-0.25, -0.2) is 4.39 Å². The van der Waals surface area contributed by atoms with Crippen LogP contribution in [0, 0.1) is 5.82 Å². The quantitative estimate of drug-likeness (QED) is 0.374. The van der Waals surface area contributed by atoms with E-state index in [1.165, 1.54) is 19.1 Å². The Morgan fingerprint density at radius 1 is 1.00 bits per heavy atom. The summed E-state index contributed by atoms with van der Waals surface area (Å²) in [7, 11) is 1.56. The summed E-state index contributed by atoms with van der Waals surface area (Å²) in [5.41, 5.74) is 4.64. The van der Waals surface area contributed by atoms with Crippen LogP contribution in [0.3, 0.4) is 0 Å². The van der Waals surface area contributed by atoms with Gasteiger partial charge in [0.15, 0.2) is 5.78 Å². The number of hydrogen-bond donors (Lipinski definition) is 2. The maximum Gasteiger partial charge on any atom is 0.255 e. The number of nitrogens with one attached hydrogen (secondary N) is 2. The molecule has 1 heterocycles. The van der Waals surface area contributed by atoms with E-state index in [-0.39, 0.29) is 17.5 Å². The normalized spacial score (nSPS) is 10.9. The van der Waals surface area contributed by atoms with Crippen LogP contribution in [0.4, 0.5) is 10.1 Å². The number of anilines is 1. The van der Waals surface area contributed by atoms with E-state index in [9.17, 15) is 14.0 Å². The van der Waals surface area contributed by atoms with E-state index in [1.54, 1.807) is 25.2 Å². The van der Waals surface area contributed by atoms with Gasteiger partial charge in [-0.1, -0.05) is 18.2 Å². The Balaban J connectivity index is 2.00. The number of hydrogen-bond acceptors (Lipinski definition) is 4. The van der Waals surface area contributed by atoms with Gasteiger partial charge in [0.1, 0.15) is 17.2 Å². The van der Waals surface area contributed by atoms with Gasteiger partial charge in [0.25, 0.3) is 5.91 Å². The summed E-state index contributed by atoms with van der Waals surface area (Å²) in [5.74, 6) is -0.321. The fraction of sp³-hybridized carbons (Fsp3) is 0.154. The van der Waals surface area contributed by atoms with Gasteiger partial charge in [-0.2, -0.15) is 0 Å². The van der Waals surface area contributed by atoms with Gasteiger partial charge >= 0.3 is 0 Å². The van der Waals surface area contributed by atoms with Crippen molar-refractivity contribution >= 4 is 28.3 Å². The minimum Gasteiger partial charge on any atom is -0.455 e. The van der Waals surface area contributed by atoms with Crippen LogP contribution in [0.15, 0.2) is 65.1 Å². The molecule has 5 nitrogen and oxygen atoms in total. The van der Waals surface area contributed by atoms with Gasteiger partial charge in [0, 0.05) is 47.4 Å². The first-order valence-corrected chi connectivity index (χ1v) is 10.4. The predicted molar refractivity (Wildman–Crippen MR) is 125 cm³/mol. The Bertz CT molecular complexity index is 1320. The van der Waals surface area contributed by atoms with E-state index in [2.05, 4.69) is 10.6 Å². The first-order chi connectivity index (χ1) is 15.4. The van der Waals surface area contributed by atoms with E-state index < -0.39 is 0 Å². The van der Waals surface area contributed by atoms with Crippen molar-refractivity contribution in [1.82, 2.24) is 5.32 Å². The van der Waals surface area contributed by atoms with Gasteiger partial charge in [-0.05, 0) is 55.8 Å². The Labute approximate surface area is 185 Å². The average molecular weight is 430 g/mol. The molecule has 0 spiro atoms. The summed E-state index contributed by atoms with van der Waals surface area (Å²) in [5, 5.41) is 6.64. The van der Waals surface area contributed by atoms with Crippen molar-refractivity contribution in [1.29, 1.82) is 0 Å². The van der Waals surface area contributed by atoms with Gasteiger partial charge in [-0.3, -0.25) is 9.59 Å². The maximum absolute atomic E-state index is 13.5. The number of fused-ring (bicyclic) bond motifs is 1. The van der Waals surface area contributed by atoms with Crippen molar-refractivity contribution in [3.63, 3.8) is 0 Å². The fourth-order valence-electron chi connectivity index (χ4n) is 3.78. The summed E-state index contributed by atoms with van der Waals surface area (Å²) in [6.07, 6.45) is 0. The molecule has 4 rings (SSSR count). The van der Waals surface area contributed by atoms with Crippen LogP contribution in [-0.4, -0.2) is 25.3 Å². The SMILES string of the molecule is CCNc1cc2oc(-c3ccc(F)cc3)c(C(=O)NC)c2cc1-c1cccc(C(C)=O)c1. The molecule has 0 aliphatic rings. The molecule has 162 valence electrons. The third-order valence-electron chi connectivity index (χ3n) is 5.34. The number of carbonyl (C=O) groups is 2. The maximum atomic E-state index is 13.5. The van der Waals surface area contributed by atoms with Gasteiger partial charge < -0.3 is 15.1 Å². The largest absolute Gasteiger partial charge is 0.455 e. The lowest BCUT2D eigenvalue weighted by Gasteiger charge is -2.12. The zero-order chi connectivity index (χ0) is 22.8. The molecule has 0 atom stereocenters. The molecule has 0 aliphatic carbocycles. The van der Waals surface area contributed by atoms with Crippen molar-refractivity contribution in [3.8, 4) is 22.5 Å². The minimum absolute atomic E-state index is 0.0223. The highest BCUT2D eigenvalue weighted by molar-refractivity contribution is 6.13. The lowest BCUT2D eigenvalue weighted by Crippen LogP contribution is -2.18. The summed E-state index contributed by atoms with van der Waals surface area (Å²) in [6.45, 7) is 4.20. The topological polar surface area (TPSA) is 71.3 Å². The van der Waals surface area contributed by atoms with Crippen molar-refractivity contribution in [3.05, 3.63) is 77.6 Å². The van der Waals surface area contributed by atoms with E-state index in [1.807, 2.05) is 37.3 Å². The summed E-state index contributed by atoms with van der Waals surface area (Å²) in [6, 6.07) is 17.0. The number of benzene rings is 3. The second-order valence-corrected chi connectivity index (χ2v) is 7.45. The molecular weight excluding hydrogens is 407 g/mol. The molecule has 0 aliphatic heterocycles. The van der Waals surface area contributed by atoms with E-state index >= 15 is 0 Å². The Morgan fingerprint density at radius 3 is 2.41 bits per heavy atom. The highest BCUT2D eigenvalue weighted by Crippen LogP contribution is 2.40. The zero-order valence-corrected chi connectivity index (χ0v) is 18.1. The third kappa shape index (κ3) is 3.87. The number of rotatable bonds is 6. The number of ketones is 1. The smallest absolute Gasteiger partial charge is 0.255 e. The highest BCUT2D eigenvalue weighted by atomic mass is 19.1. The molecule has 1 aromatic heterocycles. The van der Waals surface area contributed by atoms with Crippen molar-refractivity contribution in [2.75, 3.05) is 18.9 Å². The van der Waals surface area contributed by atoms with Crippen LogP contribution >= 0.6 is 0 Å². The molecule has 0 saturated heterocycles. The average Bonchev–Trinajstić information content (AvgIpc) is 3.17. The number of Topliss-reactive ketones (excluding diaryl/α,β-unsaturated/α-hetero) is 1. The zero-order valence-electron chi connectivity index (χ0n) is 18.1. The van der Waals surface area contributed by atoms with Crippen molar-refractivity contribution in [2.45, 2.75) is 13.8 Å². The number of furan rings is 1. The first-order valence-electron chi connectivity index (χ1n) is 10.4. The van der Waals surface area contributed by atoms with Crippen molar-refractivity contribution in [2.24, 2.45) is 0 Å². The third-order valence-corrected chi connectivity index (χ3v) is 5.34. The first kappa shape index (κ1) is 21.3. The summed E-state index contributed by atoms with van der Waals surface area (Å²) in [4.78, 5) is 24.8. The van der Waals surface area contributed by atoms with Crippen LogP contribution in [0.1, 0.15) is 34.6 Å². The van der Waals surface area contributed by atoms with E-state index in [4.69, 9.17) is 4.42 Å². The van der Waals surface area contributed by atoms with Crippen LogP contribution < -0.4 is 10.6 Å². The van der Waals surface area contributed by atoms with Crippen LogP contribution in [0.2, 0.25) is 0 Å². The second-order valence-electron chi connectivity index (χ2n) is 7.45. The molecule has 0 fully saturated rings. The molecule has 0 unspecified atom stereocenters. The van der Waals surface area contributed by atoms with E-state index in [0.717, 1.165) is 16.8 Å². The van der Waals surface area contributed by atoms with Crippen LogP contribution in [0.25, 0.3) is 33.4 Å². The molecule has 6 heteroatoms. The predicted octanol–water partition coefficient (Wildman–Crippen LogP) is 5.90. The molecule has 0 saturated carbocycles. The lowest BCUT2D eigenvalue weighted by atomic mass is 9.96. The highest BCUT2D eigenvalue weighted by Gasteiger charge is 2.23. The standard InChI is InChI=1S/C26H23FN2O3/c1-4-29-22-14-23-21(13-20(22)18-7-5-6-17(12-18)15(2)30)24(26(31)28-3)25(32-23)16-8-10-19(27)11-9-16/h5-14,29H,4H2,1-3H3,(H,28,31). The monoisotopic (exact) mass is 430 g/mol. The summed E-state index contributed by atoms with van der Waals surface area (Å²) < 4.78 is 19.6. The Morgan fingerprint density at radius 2 is 1.75 bits per heavy atom. The molecule has 0 radical (unpaired) electrons. The second kappa shape index (κ2) is 8.67. The van der Waals surface area contributed by atoms with Crippen LogP contribution in [-0.2, 0) is 0 Å². The van der Waals surface area contributed by atoms with Gasteiger partial charge in [0.2, 0.25) is 0 Å². The molecule has 3 aromatic carbocycles. The Kier molecular flexibility index (Phi) is 5.77. The molecule has 4 aromatic rings. The van der Waals surface area contributed by atoms with E-state index in [0.29, 0.717) is 40.0 Å². The van der Waals surface area contributed by atoms with Crippen LogP contribution in [0.5, 0.6) is 0 Å². The molecule has 2 N–H and O–H groups in total. The minimum atomic E-state index is -0.367. The number of halogens is 1. The molecule has 0 bridgehead atoms. The number of amides is 1. The number of carbonyl (C=O) groups excluding carboxylic acids is 2. The van der Waals surface area contributed by atoms with Gasteiger partial charge in [-0.15, -0.1) is 0 Å². The van der Waals surface area contributed by atoms with Gasteiger partial charge in [0.05, 0.1) is 5.56 Å². The summed E-state index contributed by atoms with van der Waals surface area (Å²) >= 11 is 0. The molecule has 32 heavy (non-hydrogen) atoms. The van der Waals surface area contributed by atoms with Crippen molar-refractivity contribution < 1.29 is 18.4 Å². The lowest BCUT2D eigenvalue weighted by molar-refractivity contribution is 0.0963. The fourth-order valence-corrected chi connectivity index (χ4v) is 3.78. The Hall–Kier alpha value is -3.93. The molecule has 1 amide bonds.